The lowest BCUT2D eigenvalue weighted by Crippen LogP contribution is -2.51. The van der Waals surface area contributed by atoms with Crippen LogP contribution in [0.4, 0.5) is 0 Å². The predicted octanol–water partition coefficient (Wildman–Crippen LogP) is 3.08. The zero-order valence-corrected chi connectivity index (χ0v) is 12.4. The van der Waals surface area contributed by atoms with Gasteiger partial charge in [-0.2, -0.15) is 0 Å². The Morgan fingerprint density at radius 3 is 2.53 bits per heavy atom. The van der Waals surface area contributed by atoms with Crippen molar-refractivity contribution in [3.8, 4) is 0 Å². The first-order valence-electron chi connectivity index (χ1n) is 8.23. The molecule has 2 unspecified atom stereocenters. The van der Waals surface area contributed by atoms with E-state index in [1.807, 2.05) is 6.92 Å². The maximum absolute atomic E-state index is 12.4. The molecule has 3 nitrogen and oxygen atoms in total. The molecule has 2 aliphatic rings. The lowest BCUT2D eigenvalue weighted by Gasteiger charge is -2.38. The number of nitrogens with two attached hydrogens (primary N) is 1. The lowest BCUT2D eigenvalue weighted by molar-refractivity contribution is -0.135. The number of hydrogen-bond acceptors (Lipinski definition) is 2. The minimum Gasteiger partial charge on any atom is -0.338 e. The van der Waals surface area contributed by atoms with Crippen LogP contribution in [0.25, 0.3) is 0 Å². The Bertz CT molecular complexity index is 284. The predicted molar refractivity (Wildman–Crippen MR) is 78.8 cm³/mol. The number of carbonyl (C=O) groups is 1. The van der Waals surface area contributed by atoms with Gasteiger partial charge in [0.1, 0.15) is 0 Å². The normalized spacial score (nSPS) is 27.3. The molecule has 0 aromatic carbocycles. The molecule has 1 aliphatic heterocycles. The molecule has 0 bridgehead atoms. The van der Waals surface area contributed by atoms with Crippen molar-refractivity contribution in [1.82, 2.24) is 4.90 Å². The molecular weight excluding hydrogens is 236 g/mol. The van der Waals surface area contributed by atoms with E-state index in [1.165, 1.54) is 38.5 Å². The first kappa shape index (κ1) is 14.8. The summed E-state index contributed by atoms with van der Waals surface area (Å²) in [6.45, 7) is 2.97. The van der Waals surface area contributed by atoms with E-state index in [0.29, 0.717) is 5.91 Å². The van der Waals surface area contributed by atoms with Crippen molar-refractivity contribution in [2.75, 3.05) is 6.54 Å². The third kappa shape index (κ3) is 4.20. The SMILES string of the molecule is CC(N)C1CCCCN1C(=O)CCC1CCCCC1. The number of piperidine rings is 1. The highest BCUT2D eigenvalue weighted by Gasteiger charge is 2.29. The van der Waals surface area contributed by atoms with E-state index in [9.17, 15) is 4.79 Å². The second-order valence-electron chi connectivity index (χ2n) is 6.55. The zero-order chi connectivity index (χ0) is 13.7. The fourth-order valence-corrected chi connectivity index (χ4v) is 3.76. The Morgan fingerprint density at radius 2 is 1.84 bits per heavy atom. The molecule has 2 N–H and O–H groups in total. The molecule has 1 aliphatic carbocycles. The number of carbonyl (C=O) groups excluding carboxylic acids is 1. The minimum atomic E-state index is 0.110. The summed E-state index contributed by atoms with van der Waals surface area (Å²) in [5, 5.41) is 0. The summed E-state index contributed by atoms with van der Waals surface area (Å²) < 4.78 is 0. The van der Waals surface area contributed by atoms with E-state index in [-0.39, 0.29) is 12.1 Å². The Kier molecular flexibility index (Phi) is 5.68. The number of amides is 1. The van der Waals surface area contributed by atoms with E-state index in [0.717, 1.165) is 38.1 Å². The number of hydrogen-bond donors (Lipinski definition) is 1. The van der Waals surface area contributed by atoms with Gasteiger partial charge in [-0.1, -0.05) is 32.1 Å². The van der Waals surface area contributed by atoms with Crippen molar-refractivity contribution in [2.45, 2.75) is 83.2 Å². The molecule has 2 atom stereocenters. The van der Waals surface area contributed by atoms with E-state index >= 15 is 0 Å². The van der Waals surface area contributed by atoms with Crippen LogP contribution in [-0.2, 0) is 4.79 Å². The topological polar surface area (TPSA) is 46.3 Å². The van der Waals surface area contributed by atoms with Crippen LogP contribution in [0.1, 0.15) is 71.1 Å². The summed E-state index contributed by atoms with van der Waals surface area (Å²) in [6.07, 6.45) is 12.1. The van der Waals surface area contributed by atoms with Gasteiger partial charge in [-0.25, -0.2) is 0 Å². The van der Waals surface area contributed by atoms with Gasteiger partial charge in [0.25, 0.3) is 0 Å². The number of nitrogens with zero attached hydrogens (tertiary/aromatic N) is 1. The summed E-state index contributed by atoms with van der Waals surface area (Å²) >= 11 is 0. The second kappa shape index (κ2) is 7.28. The van der Waals surface area contributed by atoms with Gasteiger partial charge in [-0.3, -0.25) is 4.79 Å². The molecule has 0 spiro atoms. The number of rotatable bonds is 4. The number of likely N-dealkylation sites (tertiary alicyclic amines) is 1. The summed E-state index contributed by atoms with van der Waals surface area (Å²) in [4.78, 5) is 14.5. The molecule has 2 fully saturated rings. The highest BCUT2D eigenvalue weighted by atomic mass is 16.2. The Labute approximate surface area is 117 Å². The molecule has 110 valence electrons. The Hall–Kier alpha value is -0.570. The molecule has 1 amide bonds. The summed E-state index contributed by atoms with van der Waals surface area (Å²) in [5.41, 5.74) is 6.04. The third-order valence-electron chi connectivity index (χ3n) is 4.97. The van der Waals surface area contributed by atoms with Gasteiger partial charge in [0.2, 0.25) is 5.91 Å². The van der Waals surface area contributed by atoms with Crippen molar-refractivity contribution >= 4 is 5.91 Å². The first-order valence-corrected chi connectivity index (χ1v) is 8.23. The lowest BCUT2D eigenvalue weighted by atomic mass is 9.86. The fourth-order valence-electron chi connectivity index (χ4n) is 3.76. The molecule has 1 heterocycles. The van der Waals surface area contributed by atoms with Gasteiger partial charge < -0.3 is 10.6 Å². The molecule has 1 saturated carbocycles. The van der Waals surface area contributed by atoms with E-state index in [4.69, 9.17) is 5.73 Å². The Balaban J connectivity index is 1.80. The standard InChI is InChI=1S/C16H30N2O/c1-13(17)15-9-5-6-12-18(15)16(19)11-10-14-7-3-2-4-8-14/h13-15H,2-12,17H2,1H3. The maximum Gasteiger partial charge on any atom is 0.222 e. The maximum atomic E-state index is 12.4. The van der Waals surface area contributed by atoms with E-state index in [2.05, 4.69) is 4.90 Å². The summed E-state index contributed by atoms with van der Waals surface area (Å²) in [5.74, 6) is 1.16. The highest BCUT2D eigenvalue weighted by molar-refractivity contribution is 5.76. The molecular formula is C16H30N2O. The quantitative estimate of drug-likeness (QED) is 0.850. The fraction of sp³-hybridized carbons (Fsp3) is 0.938. The van der Waals surface area contributed by atoms with Crippen molar-refractivity contribution in [1.29, 1.82) is 0 Å². The molecule has 0 radical (unpaired) electrons. The van der Waals surface area contributed by atoms with Crippen molar-refractivity contribution in [3.05, 3.63) is 0 Å². The van der Waals surface area contributed by atoms with Crippen molar-refractivity contribution in [2.24, 2.45) is 11.7 Å². The zero-order valence-electron chi connectivity index (χ0n) is 12.4. The van der Waals surface area contributed by atoms with Gasteiger partial charge in [0.05, 0.1) is 0 Å². The van der Waals surface area contributed by atoms with Crippen molar-refractivity contribution < 1.29 is 4.79 Å². The van der Waals surface area contributed by atoms with Crippen molar-refractivity contribution in [3.63, 3.8) is 0 Å². The van der Waals surface area contributed by atoms with Crippen LogP contribution in [0.5, 0.6) is 0 Å². The average molecular weight is 266 g/mol. The third-order valence-corrected chi connectivity index (χ3v) is 4.97. The van der Waals surface area contributed by atoms with Crippen LogP contribution in [-0.4, -0.2) is 29.4 Å². The van der Waals surface area contributed by atoms with Crippen LogP contribution >= 0.6 is 0 Å². The van der Waals surface area contributed by atoms with Gasteiger partial charge in [0.15, 0.2) is 0 Å². The highest BCUT2D eigenvalue weighted by Crippen LogP contribution is 2.28. The van der Waals surface area contributed by atoms with Gasteiger partial charge in [-0.15, -0.1) is 0 Å². The molecule has 3 heteroatoms. The van der Waals surface area contributed by atoms with Crippen LogP contribution in [0.3, 0.4) is 0 Å². The first-order chi connectivity index (χ1) is 9.18. The average Bonchev–Trinajstić information content (AvgIpc) is 2.46. The Morgan fingerprint density at radius 1 is 1.16 bits per heavy atom. The van der Waals surface area contributed by atoms with Gasteiger partial charge >= 0.3 is 0 Å². The molecule has 1 saturated heterocycles. The molecule has 0 aromatic heterocycles. The van der Waals surface area contributed by atoms with E-state index < -0.39 is 0 Å². The monoisotopic (exact) mass is 266 g/mol. The van der Waals surface area contributed by atoms with Gasteiger partial charge in [0, 0.05) is 25.0 Å². The molecule has 0 aromatic rings. The van der Waals surface area contributed by atoms with Crippen LogP contribution in [0, 0.1) is 5.92 Å². The summed E-state index contributed by atoms with van der Waals surface area (Å²) in [7, 11) is 0. The second-order valence-corrected chi connectivity index (χ2v) is 6.55. The minimum absolute atomic E-state index is 0.110. The van der Waals surface area contributed by atoms with Gasteiger partial charge in [-0.05, 0) is 38.5 Å². The van der Waals surface area contributed by atoms with Crippen LogP contribution in [0.15, 0.2) is 0 Å². The molecule has 19 heavy (non-hydrogen) atoms. The summed E-state index contributed by atoms with van der Waals surface area (Å²) in [6, 6.07) is 0.395. The van der Waals surface area contributed by atoms with E-state index in [1.54, 1.807) is 0 Å². The smallest absolute Gasteiger partial charge is 0.222 e. The largest absolute Gasteiger partial charge is 0.338 e. The van der Waals surface area contributed by atoms with Crippen LogP contribution in [0.2, 0.25) is 0 Å². The van der Waals surface area contributed by atoms with Crippen LogP contribution < -0.4 is 5.73 Å². The molecule has 2 rings (SSSR count).